The van der Waals surface area contributed by atoms with Gasteiger partial charge in [0.15, 0.2) is 0 Å². The number of hydrogen-bond donors (Lipinski definition) is 3. The van der Waals surface area contributed by atoms with E-state index in [2.05, 4.69) is 0 Å². The van der Waals surface area contributed by atoms with Gasteiger partial charge in [-0.2, -0.15) is 11.8 Å². The van der Waals surface area contributed by atoms with Gasteiger partial charge < -0.3 is 15.3 Å². The van der Waals surface area contributed by atoms with Crippen LogP contribution in [0.15, 0.2) is 0 Å². The van der Waals surface area contributed by atoms with E-state index in [1.165, 1.54) is 11.8 Å². The molecule has 10 heavy (non-hydrogen) atoms. The molecule has 3 nitrogen and oxygen atoms in total. The summed E-state index contributed by atoms with van der Waals surface area (Å²) < 4.78 is 0. The Morgan fingerprint density at radius 2 is 2.10 bits per heavy atom. The predicted octanol–water partition coefficient (Wildman–Crippen LogP) is -0.794. The van der Waals surface area contributed by atoms with Crippen LogP contribution >= 0.6 is 11.8 Å². The summed E-state index contributed by atoms with van der Waals surface area (Å²) in [5, 5.41) is 26.8. The van der Waals surface area contributed by atoms with Gasteiger partial charge >= 0.3 is 0 Å². The van der Waals surface area contributed by atoms with Crippen molar-refractivity contribution in [2.45, 2.75) is 23.9 Å². The van der Waals surface area contributed by atoms with E-state index < -0.39 is 12.2 Å². The largest absolute Gasteiger partial charge is 0.395 e. The molecule has 0 aromatic heterocycles. The van der Waals surface area contributed by atoms with Crippen LogP contribution < -0.4 is 0 Å². The van der Waals surface area contributed by atoms with Crippen LogP contribution in [0.5, 0.6) is 0 Å². The molecule has 0 aromatic carbocycles. The van der Waals surface area contributed by atoms with Crippen LogP contribution in [0, 0.1) is 0 Å². The summed E-state index contributed by atoms with van der Waals surface area (Å²) >= 11 is 1.43. The predicted molar refractivity (Wildman–Crippen MR) is 40.0 cm³/mol. The van der Waals surface area contributed by atoms with Gasteiger partial charge in [0.1, 0.15) is 0 Å². The van der Waals surface area contributed by atoms with Gasteiger partial charge in [-0.15, -0.1) is 0 Å². The van der Waals surface area contributed by atoms with Crippen molar-refractivity contribution in [3.63, 3.8) is 0 Å². The van der Waals surface area contributed by atoms with Crippen molar-refractivity contribution >= 4 is 11.8 Å². The molecular formula is C6H12O3S. The van der Waals surface area contributed by atoms with Crippen molar-refractivity contribution in [1.29, 1.82) is 0 Å². The van der Waals surface area contributed by atoms with Crippen LogP contribution in [0.4, 0.5) is 0 Å². The molecule has 3 atom stereocenters. The molecule has 0 spiro atoms. The molecule has 0 aliphatic carbocycles. The summed E-state index contributed by atoms with van der Waals surface area (Å²) in [5.74, 6) is 0.627. The third-order valence-electron chi connectivity index (χ3n) is 1.63. The number of hydrogen-bond acceptors (Lipinski definition) is 4. The monoisotopic (exact) mass is 164 g/mol. The number of rotatable bonds is 1. The van der Waals surface area contributed by atoms with Crippen molar-refractivity contribution in [3.8, 4) is 0 Å². The lowest BCUT2D eigenvalue weighted by molar-refractivity contribution is 0.0710. The van der Waals surface area contributed by atoms with Crippen LogP contribution in [0.1, 0.15) is 6.42 Å². The van der Waals surface area contributed by atoms with Gasteiger partial charge in [-0.1, -0.05) is 0 Å². The standard InChI is InChI=1S/C6H12O3S/c7-2-6-5(9)1-4(8)3-10-6/h4-9H,1-3H2/t4-,5-,6-/m1/s1. The Kier molecular flexibility index (Phi) is 2.97. The minimum absolute atomic E-state index is 0.00144. The molecule has 0 saturated carbocycles. The molecule has 0 bridgehead atoms. The zero-order valence-electron chi connectivity index (χ0n) is 5.60. The lowest BCUT2D eigenvalue weighted by Crippen LogP contribution is -2.37. The first-order valence-electron chi connectivity index (χ1n) is 3.32. The Bertz CT molecular complexity index is 109. The first-order valence-corrected chi connectivity index (χ1v) is 4.37. The molecule has 60 valence electrons. The molecule has 1 saturated heterocycles. The highest BCUT2D eigenvalue weighted by Gasteiger charge is 2.27. The second-order valence-corrected chi connectivity index (χ2v) is 3.78. The fraction of sp³-hybridized carbons (Fsp3) is 1.00. The zero-order chi connectivity index (χ0) is 7.56. The van der Waals surface area contributed by atoms with Crippen LogP contribution in [-0.2, 0) is 0 Å². The summed E-state index contributed by atoms with van der Waals surface area (Å²) in [4.78, 5) is 0. The van der Waals surface area contributed by atoms with E-state index >= 15 is 0 Å². The first-order chi connectivity index (χ1) is 4.74. The SMILES string of the molecule is OC[C@H]1SC[C@H](O)C[C@H]1O. The topological polar surface area (TPSA) is 60.7 Å². The van der Waals surface area contributed by atoms with E-state index in [-0.39, 0.29) is 11.9 Å². The van der Waals surface area contributed by atoms with Crippen LogP contribution in [0.25, 0.3) is 0 Å². The van der Waals surface area contributed by atoms with Gasteiger partial charge in [-0.05, 0) is 0 Å². The Balaban J connectivity index is 2.36. The van der Waals surface area contributed by atoms with E-state index in [1.807, 2.05) is 0 Å². The van der Waals surface area contributed by atoms with Gasteiger partial charge in [0.05, 0.1) is 24.1 Å². The highest BCUT2D eigenvalue weighted by Crippen LogP contribution is 2.25. The molecule has 0 amide bonds. The van der Waals surface area contributed by atoms with E-state index in [4.69, 9.17) is 10.2 Å². The van der Waals surface area contributed by atoms with Crippen LogP contribution in [0.3, 0.4) is 0 Å². The van der Waals surface area contributed by atoms with Crippen LogP contribution in [-0.4, -0.2) is 45.1 Å². The Morgan fingerprint density at radius 1 is 1.40 bits per heavy atom. The number of aliphatic hydroxyl groups excluding tert-OH is 3. The van der Waals surface area contributed by atoms with Gasteiger partial charge in [-0.3, -0.25) is 0 Å². The molecule has 1 aliphatic rings. The van der Waals surface area contributed by atoms with Crippen molar-refractivity contribution < 1.29 is 15.3 Å². The lowest BCUT2D eigenvalue weighted by atomic mass is 10.1. The summed E-state index contributed by atoms with van der Waals surface area (Å²) in [6.07, 6.45) is -0.542. The quantitative estimate of drug-likeness (QED) is 0.475. The maximum atomic E-state index is 9.20. The summed E-state index contributed by atoms with van der Waals surface area (Å²) in [7, 11) is 0. The van der Waals surface area contributed by atoms with E-state index in [9.17, 15) is 5.11 Å². The number of thioether (sulfide) groups is 1. The minimum Gasteiger partial charge on any atom is -0.395 e. The van der Waals surface area contributed by atoms with Crippen molar-refractivity contribution in [1.82, 2.24) is 0 Å². The Hall–Kier alpha value is 0.230. The summed E-state index contributed by atoms with van der Waals surface area (Å²) in [5.41, 5.74) is 0. The third-order valence-corrected chi connectivity index (χ3v) is 3.09. The average molecular weight is 164 g/mol. The smallest absolute Gasteiger partial charge is 0.0705 e. The highest BCUT2D eigenvalue weighted by molar-refractivity contribution is 8.00. The average Bonchev–Trinajstić information content (AvgIpc) is 1.88. The van der Waals surface area contributed by atoms with Gasteiger partial charge in [0, 0.05) is 12.2 Å². The lowest BCUT2D eigenvalue weighted by Gasteiger charge is -2.28. The summed E-state index contributed by atoms with van der Waals surface area (Å²) in [6.45, 7) is -0.00144. The van der Waals surface area contributed by atoms with Crippen LogP contribution in [0.2, 0.25) is 0 Å². The molecule has 0 unspecified atom stereocenters. The molecule has 1 fully saturated rings. The Labute approximate surface area is 64.1 Å². The number of aliphatic hydroxyl groups is 3. The maximum absolute atomic E-state index is 9.20. The second-order valence-electron chi connectivity index (χ2n) is 2.51. The zero-order valence-corrected chi connectivity index (χ0v) is 6.42. The molecule has 0 radical (unpaired) electrons. The first kappa shape index (κ1) is 8.33. The fourth-order valence-electron chi connectivity index (χ4n) is 1.02. The Morgan fingerprint density at radius 3 is 2.60 bits per heavy atom. The third kappa shape index (κ3) is 1.85. The molecular weight excluding hydrogens is 152 g/mol. The van der Waals surface area contributed by atoms with Crippen molar-refractivity contribution in [2.75, 3.05) is 12.4 Å². The summed E-state index contributed by atoms with van der Waals surface area (Å²) in [6, 6.07) is 0. The molecule has 0 aromatic rings. The fourth-order valence-corrected chi connectivity index (χ4v) is 2.06. The van der Waals surface area contributed by atoms with E-state index in [0.717, 1.165) is 0 Å². The van der Waals surface area contributed by atoms with Gasteiger partial charge in [0.25, 0.3) is 0 Å². The minimum atomic E-state index is -0.543. The van der Waals surface area contributed by atoms with Crippen molar-refractivity contribution in [3.05, 3.63) is 0 Å². The molecule has 1 aliphatic heterocycles. The normalized spacial score (nSPS) is 41.7. The molecule has 4 heteroatoms. The molecule has 1 heterocycles. The van der Waals surface area contributed by atoms with Gasteiger partial charge in [0.2, 0.25) is 0 Å². The van der Waals surface area contributed by atoms with Gasteiger partial charge in [-0.25, -0.2) is 0 Å². The van der Waals surface area contributed by atoms with E-state index in [0.29, 0.717) is 12.2 Å². The van der Waals surface area contributed by atoms with E-state index in [1.54, 1.807) is 0 Å². The second kappa shape index (κ2) is 3.57. The van der Waals surface area contributed by atoms with Crippen molar-refractivity contribution in [2.24, 2.45) is 0 Å². The maximum Gasteiger partial charge on any atom is 0.0705 e. The molecule has 1 rings (SSSR count). The highest BCUT2D eigenvalue weighted by atomic mass is 32.2. The molecule has 3 N–H and O–H groups in total.